The monoisotopic (exact) mass is 209 g/mol. The summed E-state index contributed by atoms with van der Waals surface area (Å²) in [6.07, 6.45) is 4.13. The van der Waals surface area contributed by atoms with E-state index in [0.717, 1.165) is 11.3 Å². The molecule has 2 aromatic carbocycles. The standard InChI is InChI=1S/C15H15N/c1-12-7-10-15(16)14(11-12)9-8-13-5-3-2-4-6-13/h2-11H,16H2,1H3/b9-8+. The molecule has 1 heteroatoms. The lowest BCUT2D eigenvalue weighted by atomic mass is 10.1. The van der Waals surface area contributed by atoms with E-state index >= 15 is 0 Å². The van der Waals surface area contributed by atoms with Crippen LogP contribution in [-0.2, 0) is 0 Å². The maximum absolute atomic E-state index is 5.90. The first-order chi connectivity index (χ1) is 7.75. The fourth-order valence-electron chi connectivity index (χ4n) is 1.59. The van der Waals surface area contributed by atoms with Crippen LogP contribution in [0.25, 0.3) is 12.2 Å². The normalized spacial score (nSPS) is 10.8. The molecule has 0 unspecified atom stereocenters. The van der Waals surface area contributed by atoms with E-state index in [0.29, 0.717) is 0 Å². The van der Waals surface area contributed by atoms with E-state index in [-0.39, 0.29) is 0 Å². The van der Waals surface area contributed by atoms with Crippen LogP contribution in [0.5, 0.6) is 0 Å². The van der Waals surface area contributed by atoms with E-state index in [9.17, 15) is 0 Å². The first-order valence-corrected chi connectivity index (χ1v) is 5.35. The molecule has 0 amide bonds. The van der Waals surface area contributed by atoms with Crippen LogP contribution in [0.15, 0.2) is 48.5 Å². The maximum Gasteiger partial charge on any atom is 0.0387 e. The van der Waals surface area contributed by atoms with Crippen LogP contribution in [0.4, 0.5) is 5.69 Å². The van der Waals surface area contributed by atoms with Crippen LogP contribution in [0.3, 0.4) is 0 Å². The Hall–Kier alpha value is -2.02. The van der Waals surface area contributed by atoms with Gasteiger partial charge in [0.15, 0.2) is 0 Å². The van der Waals surface area contributed by atoms with Crippen LogP contribution in [0, 0.1) is 6.92 Å². The summed E-state index contributed by atoms with van der Waals surface area (Å²) in [5, 5.41) is 0. The second-order valence-electron chi connectivity index (χ2n) is 3.88. The van der Waals surface area contributed by atoms with Crippen LogP contribution < -0.4 is 5.73 Å². The lowest BCUT2D eigenvalue weighted by Crippen LogP contribution is -1.89. The number of hydrogen-bond acceptors (Lipinski definition) is 1. The van der Waals surface area contributed by atoms with Gasteiger partial charge in [0.2, 0.25) is 0 Å². The molecule has 0 saturated carbocycles. The molecule has 16 heavy (non-hydrogen) atoms. The Kier molecular flexibility index (Phi) is 3.06. The molecule has 80 valence electrons. The van der Waals surface area contributed by atoms with Crippen molar-refractivity contribution in [3.05, 3.63) is 65.2 Å². The molecule has 0 aliphatic heterocycles. The zero-order chi connectivity index (χ0) is 11.4. The summed E-state index contributed by atoms with van der Waals surface area (Å²) in [5.41, 5.74) is 10.2. The van der Waals surface area contributed by atoms with Gasteiger partial charge in [0.05, 0.1) is 0 Å². The van der Waals surface area contributed by atoms with Gasteiger partial charge in [-0.1, -0.05) is 54.1 Å². The number of nitrogens with two attached hydrogens (primary N) is 1. The number of benzene rings is 2. The Balaban J connectivity index is 2.27. The molecule has 0 aliphatic carbocycles. The van der Waals surface area contributed by atoms with Gasteiger partial charge in [0.1, 0.15) is 0 Å². The topological polar surface area (TPSA) is 26.0 Å². The van der Waals surface area contributed by atoms with Crippen molar-refractivity contribution in [2.75, 3.05) is 5.73 Å². The fraction of sp³-hybridized carbons (Fsp3) is 0.0667. The third-order valence-electron chi connectivity index (χ3n) is 2.50. The summed E-state index contributed by atoms with van der Waals surface area (Å²) in [6, 6.07) is 16.3. The molecule has 0 aliphatic rings. The molecular weight excluding hydrogens is 194 g/mol. The predicted octanol–water partition coefficient (Wildman–Crippen LogP) is 3.75. The highest BCUT2D eigenvalue weighted by Crippen LogP contribution is 2.16. The Labute approximate surface area is 96.2 Å². The quantitative estimate of drug-likeness (QED) is 0.591. The van der Waals surface area contributed by atoms with Gasteiger partial charge in [0.25, 0.3) is 0 Å². The molecule has 0 spiro atoms. The second kappa shape index (κ2) is 4.67. The van der Waals surface area contributed by atoms with E-state index in [1.165, 1.54) is 11.1 Å². The van der Waals surface area contributed by atoms with Crippen molar-refractivity contribution >= 4 is 17.8 Å². The van der Waals surface area contributed by atoms with Crippen LogP contribution >= 0.6 is 0 Å². The summed E-state index contributed by atoms with van der Waals surface area (Å²) in [5.74, 6) is 0. The number of anilines is 1. The van der Waals surface area contributed by atoms with Crippen molar-refractivity contribution in [2.24, 2.45) is 0 Å². The van der Waals surface area contributed by atoms with Gasteiger partial charge in [0, 0.05) is 5.69 Å². The lowest BCUT2D eigenvalue weighted by molar-refractivity contribution is 1.46. The highest BCUT2D eigenvalue weighted by molar-refractivity contribution is 5.75. The molecule has 0 bridgehead atoms. The van der Waals surface area contributed by atoms with E-state index in [1.807, 2.05) is 30.3 Å². The second-order valence-corrected chi connectivity index (χ2v) is 3.88. The van der Waals surface area contributed by atoms with Crippen molar-refractivity contribution in [3.63, 3.8) is 0 Å². The Morgan fingerprint density at radius 2 is 1.69 bits per heavy atom. The SMILES string of the molecule is Cc1ccc(N)c(/C=C/c2ccccc2)c1. The number of rotatable bonds is 2. The van der Waals surface area contributed by atoms with Gasteiger partial charge in [-0.25, -0.2) is 0 Å². The minimum Gasteiger partial charge on any atom is -0.398 e. The molecule has 2 N–H and O–H groups in total. The van der Waals surface area contributed by atoms with Crippen molar-refractivity contribution in [1.82, 2.24) is 0 Å². The molecule has 0 fully saturated rings. The summed E-state index contributed by atoms with van der Waals surface area (Å²) >= 11 is 0. The minimum atomic E-state index is 0.817. The molecule has 0 saturated heterocycles. The van der Waals surface area contributed by atoms with Gasteiger partial charge in [-0.05, 0) is 30.2 Å². The van der Waals surface area contributed by atoms with Crippen molar-refractivity contribution in [2.45, 2.75) is 6.92 Å². The van der Waals surface area contributed by atoms with Gasteiger partial charge >= 0.3 is 0 Å². The average Bonchev–Trinajstić information content (AvgIpc) is 2.32. The number of aryl methyl sites for hydroxylation is 1. The Morgan fingerprint density at radius 1 is 0.938 bits per heavy atom. The predicted molar refractivity (Wildman–Crippen MR) is 71.0 cm³/mol. The molecule has 0 atom stereocenters. The number of hydrogen-bond donors (Lipinski definition) is 1. The summed E-state index contributed by atoms with van der Waals surface area (Å²) in [4.78, 5) is 0. The maximum atomic E-state index is 5.90. The van der Waals surface area contributed by atoms with E-state index in [4.69, 9.17) is 5.73 Å². The zero-order valence-electron chi connectivity index (χ0n) is 9.35. The molecule has 0 heterocycles. The minimum absolute atomic E-state index is 0.817. The molecule has 1 nitrogen and oxygen atoms in total. The lowest BCUT2D eigenvalue weighted by Gasteiger charge is -2.01. The Bertz CT molecular complexity index is 498. The molecule has 0 aromatic heterocycles. The largest absolute Gasteiger partial charge is 0.398 e. The highest BCUT2D eigenvalue weighted by Gasteiger charge is 1.94. The third-order valence-corrected chi connectivity index (χ3v) is 2.50. The first-order valence-electron chi connectivity index (χ1n) is 5.35. The van der Waals surface area contributed by atoms with Gasteiger partial charge in [-0.3, -0.25) is 0 Å². The summed E-state index contributed by atoms with van der Waals surface area (Å²) in [6.45, 7) is 2.07. The van der Waals surface area contributed by atoms with Crippen LogP contribution in [0.2, 0.25) is 0 Å². The number of nitrogen functional groups attached to an aromatic ring is 1. The van der Waals surface area contributed by atoms with Crippen molar-refractivity contribution in [1.29, 1.82) is 0 Å². The van der Waals surface area contributed by atoms with E-state index < -0.39 is 0 Å². The van der Waals surface area contributed by atoms with Crippen molar-refractivity contribution in [3.8, 4) is 0 Å². The van der Waals surface area contributed by atoms with Gasteiger partial charge in [-0.2, -0.15) is 0 Å². The molecule has 2 rings (SSSR count). The third kappa shape index (κ3) is 2.51. The van der Waals surface area contributed by atoms with Gasteiger partial charge < -0.3 is 5.73 Å². The van der Waals surface area contributed by atoms with Crippen molar-refractivity contribution < 1.29 is 0 Å². The highest BCUT2D eigenvalue weighted by atomic mass is 14.5. The van der Waals surface area contributed by atoms with E-state index in [1.54, 1.807) is 0 Å². The summed E-state index contributed by atoms with van der Waals surface area (Å²) in [7, 11) is 0. The smallest absolute Gasteiger partial charge is 0.0387 e. The van der Waals surface area contributed by atoms with Gasteiger partial charge in [-0.15, -0.1) is 0 Å². The summed E-state index contributed by atoms with van der Waals surface area (Å²) < 4.78 is 0. The molecule has 0 radical (unpaired) electrons. The zero-order valence-corrected chi connectivity index (χ0v) is 9.35. The van der Waals surface area contributed by atoms with E-state index in [2.05, 4.69) is 37.3 Å². The Morgan fingerprint density at radius 3 is 2.44 bits per heavy atom. The first kappa shape index (κ1) is 10.5. The molecular formula is C15H15N. The molecule has 2 aromatic rings. The fourth-order valence-corrected chi connectivity index (χ4v) is 1.59. The van der Waals surface area contributed by atoms with Crippen LogP contribution in [0.1, 0.15) is 16.7 Å². The van der Waals surface area contributed by atoms with Crippen LogP contribution in [-0.4, -0.2) is 0 Å². The average molecular weight is 209 g/mol.